The zero-order valence-corrected chi connectivity index (χ0v) is 16.0. The monoisotopic (exact) mass is 333 g/mol. The number of hydrogen-bond acceptors (Lipinski definition) is 2. The van der Waals surface area contributed by atoms with Crippen molar-refractivity contribution >= 4 is 5.91 Å². The molecule has 0 aromatic heterocycles. The third kappa shape index (κ3) is 1.91. The Morgan fingerprint density at radius 2 is 1.79 bits per heavy atom. The van der Waals surface area contributed by atoms with Crippen molar-refractivity contribution in [3.63, 3.8) is 0 Å². The minimum absolute atomic E-state index is 0.114. The summed E-state index contributed by atoms with van der Waals surface area (Å²) < 4.78 is 0. The molecule has 0 aromatic rings. The van der Waals surface area contributed by atoms with Gasteiger partial charge in [0.15, 0.2) is 0 Å². The lowest BCUT2D eigenvalue weighted by Gasteiger charge is -2.62. The smallest absolute Gasteiger partial charge is 0.222 e. The van der Waals surface area contributed by atoms with Gasteiger partial charge in [-0.05, 0) is 80.0 Å². The standard InChI is InChI=1S/C21H35NO2/c1-5-21(24)13-9-16-14-6-7-17-19(2,11-10-18(23)22(17)4)15(14)8-12-20(16,21)3/h14-17,24H,5-13H2,1-4H3/t14-,15+,16+,17-,19-,20+,21+/m1/s1. The zero-order valence-electron chi connectivity index (χ0n) is 16.0. The number of amides is 1. The third-order valence-electron chi connectivity index (χ3n) is 9.46. The Balaban J connectivity index is 1.65. The number of aliphatic hydroxyl groups is 1. The van der Waals surface area contributed by atoms with Crippen LogP contribution in [0.4, 0.5) is 0 Å². The molecule has 7 atom stereocenters. The van der Waals surface area contributed by atoms with Crippen molar-refractivity contribution in [2.24, 2.45) is 28.6 Å². The van der Waals surface area contributed by atoms with Crippen LogP contribution in [0.1, 0.15) is 78.6 Å². The second-order valence-corrected chi connectivity index (χ2v) is 9.86. The van der Waals surface area contributed by atoms with Gasteiger partial charge in [-0.2, -0.15) is 0 Å². The Hall–Kier alpha value is -0.570. The van der Waals surface area contributed by atoms with Crippen molar-refractivity contribution in [3.8, 4) is 0 Å². The molecule has 1 heterocycles. The van der Waals surface area contributed by atoms with Crippen LogP contribution >= 0.6 is 0 Å². The molecule has 0 spiro atoms. The number of piperidine rings is 1. The minimum atomic E-state index is -0.445. The number of carbonyl (C=O) groups excluding carboxylic acids is 1. The Kier molecular flexibility index (Phi) is 3.67. The summed E-state index contributed by atoms with van der Waals surface area (Å²) in [5.74, 6) is 2.52. The molecule has 1 aliphatic heterocycles. The first-order chi connectivity index (χ1) is 11.3. The highest BCUT2D eigenvalue weighted by Gasteiger charge is 2.64. The normalized spacial score (nSPS) is 54.2. The molecular weight excluding hydrogens is 298 g/mol. The van der Waals surface area contributed by atoms with Crippen molar-refractivity contribution in [2.45, 2.75) is 90.2 Å². The van der Waals surface area contributed by atoms with E-state index in [9.17, 15) is 9.90 Å². The van der Waals surface area contributed by atoms with Crippen LogP contribution in [0.2, 0.25) is 0 Å². The average Bonchev–Trinajstić information content (AvgIpc) is 2.84. The highest BCUT2D eigenvalue weighted by Crippen LogP contribution is 2.67. The van der Waals surface area contributed by atoms with Gasteiger partial charge in [0, 0.05) is 19.5 Å². The molecule has 1 amide bonds. The number of likely N-dealkylation sites (tertiary alicyclic amines) is 1. The van der Waals surface area contributed by atoms with Crippen LogP contribution < -0.4 is 0 Å². The van der Waals surface area contributed by atoms with Crippen molar-refractivity contribution in [3.05, 3.63) is 0 Å². The van der Waals surface area contributed by atoms with Gasteiger partial charge in [0.2, 0.25) is 5.91 Å². The van der Waals surface area contributed by atoms with Crippen LogP contribution in [0.3, 0.4) is 0 Å². The van der Waals surface area contributed by atoms with Crippen LogP contribution in [0, 0.1) is 28.6 Å². The Morgan fingerprint density at radius 3 is 2.50 bits per heavy atom. The maximum absolute atomic E-state index is 12.2. The third-order valence-corrected chi connectivity index (χ3v) is 9.46. The first-order valence-electron chi connectivity index (χ1n) is 10.2. The van der Waals surface area contributed by atoms with Gasteiger partial charge in [-0.1, -0.05) is 20.8 Å². The Bertz CT molecular complexity index is 548. The summed E-state index contributed by atoms with van der Waals surface area (Å²) in [6, 6.07) is 0.441. The predicted octanol–water partition coefficient (Wildman–Crippen LogP) is 3.99. The molecule has 3 aliphatic carbocycles. The molecule has 0 unspecified atom stereocenters. The van der Waals surface area contributed by atoms with Gasteiger partial charge < -0.3 is 10.0 Å². The summed E-state index contributed by atoms with van der Waals surface area (Å²) in [6.07, 6.45) is 9.73. The number of carbonyl (C=O) groups is 1. The first-order valence-corrected chi connectivity index (χ1v) is 10.2. The summed E-state index contributed by atoms with van der Waals surface area (Å²) in [5.41, 5.74) is -0.0396. The summed E-state index contributed by atoms with van der Waals surface area (Å²) in [4.78, 5) is 14.3. The van der Waals surface area contributed by atoms with Crippen LogP contribution in [-0.4, -0.2) is 34.6 Å². The van der Waals surface area contributed by atoms with E-state index in [2.05, 4.69) is 25.7 Å². The van der Waals surface area contributed by atoms with E-state index in [1.54, 1.807) is 0 Å². The van der Waals surface area contributed by atoms with E-state index in [4.69, 9.17) is 0 Å². The van der Waals surface area contributed by atoms with Crippen molar-refractivity contribution in [2.75, 3.05) is 7.05 Å². The Morgan fingerprint density at radius 1 is 1.08 bits per heavy atom. The molecule has 0 bridgehead atoms. The number of nitrogens with zero attached hydrogens (tertiary/aromatic N) is 1. The van der Waals surface area contributed by atoms with Crippen molar-refractivity contribution in [1.29, 1.82) is 0 Å². The molecule has 0 radical (unpaired) electrons. The Labute approximate surface area is 147 Å². The number of fused-ring (bicyclic) bond motifs is 5. The second kappa shape index (κ2) is 5.22. The van der Waals surface area contributed by atoms with E-state index in [1.807, 2.05) is 7.05 Å². The molecular formula is C21H35NO2. The fraction of sp³-hybridized carbons (Fsp3) is 0.952. The molecule has 136 valence electrons. The van der Waals surface area contributed by atoms with Gasteiger partial charge in [-0.15, -0.1) is 0 Å². The van der Waals surface area contributed by atoms with E-state index in [-0.39, 0.29) is 5.41 Å². The molecule has 3 saturated carbocycles. The lowest BCUT2D eigenvalue weighted by Crippen LogP contribution is -2.62. The highest BCUT2D eigenvalue weighted by molar-refractivity contribution is 5.77. The van der Waals surface area contributed by atoms with Crippen LogP contribution in [0.15, 0.2) is 0 Å². The average molecular weight is 334 g/mol. The van der Waals surface area contributed by atoms with Crippen LogP contribution in [0.25, 0.3) is 0 Å². The number of rotatable bonds is 1. The zero-order chi connectivity index (χ0) is 17.3. The SMILES string of the molecule is CC[C@]1(O)CC[C@H]2[C@@H]3CC[C@H]4N(C)C(=O)CC[C@]4(C)[C@H]3CC[C@@]21C. The molecule has 24 heavy (non-hydrogen) atoms. The quantitative estimate of drug-likeness (QED) is 0.788. The summed E-state index contributed by atoms with van der Waals surface area (Å²) >= 11 is 0. The van der Waals surface area contributed by atoms with E-state index in [1.165, 1.54) is 25.7 Å². The van der Waals surface area contributed by atoms with Gasteiger partial charge >= 0.3 is 0 Å². The first kappa shape index (κ1) is 16.9. The lowest BCUT2D eigenvalue weighted by atomic mass is 9.46. The van der Waals surface area contributed by atoms with Gasteiger partial charge in [-0.3, -0.25) is 4.79 Å². The molecule has 4 rings (SSSR count). The highest BCUT2D eigenvalue weighted by atomic mass is 16.3. The summed E-state index contributed by atoms with van der Waals surface area (Å²) in [7, 11) is 2.03. The van der Waals surface area contributed by atoms with Gasteiger partial charge in [0.05, 0.1) is 5.60 Å². The van der Waals surface area contributed by atoms with E-state index < -0.39 is 5.60 Å². The molecule has 4 fully saturated rings. The maximum atomic E-state index is 12.2. The predicted molar refractivity (Wildman–Crippen MR) is 95.4 cm³/mol. The topological polar surface area (TPSA) is 40.5 Å². The lowest BCUT2D eigenvalue weighted by molar-refractivity contribution is -0.169. The molecule has 3 heteroatoms. The largest absolute Gasteiger partial charge is 0.389 e. The van der Waals surface area contributed by atoms with E-state index in [0.29, 0.717) is 23.3 Å². The molecule has 1 saturated heterocycles. The molecule has 4 aliphatic rings. The van der Waals surface area contributed by atoms with Crippen molar-refractivity contribution in [1.82, 2.24) is 4.90 Å². The van der Waals surface area contributed by atoms with Gasteiger partial charge in [0.1, 0.15) is 0 Å². The number of hydrogen-bond donors (Lipinski definition) is 1. The van der Waals surface area contributed by atoms with Crippen LogP contribution in [-0.2, 0) is 4.79 Å². The van der Waals surface area contributed by atoms with Crippen molar-refractivity contribution < 1.29 is 9.90 Å². The fourth-order valence-electron chi connectivity index (χ4n) is 7.84. The maximum Gasteiger partial charge on any atom is 0.222 e. The van der Waals surface area contributed by atoms with Gasteiger partial charge in [0.25, 0.3) is 0 Å². The van der Waals surface area contributed by atoms with E-state index >= 15 is 0 Å². The molecule has 1 N–H and O–H groups in total. The van der Waals surface area contributed by atoms with Gasteiger partial charge in [-0.25, -0.2) is 0 Å². The molecule has 3 nitrogen and oxygen atoms in total. The fourth-order valence-corrected chi connectivity index (χ4v) is 7.84. The molecule has 0 aromatic carbocycles. The second-order valence-electron chi connectivity index (χ2n) is 9.86. The van der Waals surface area contributed by atoms with Crippen LogP contribution in [0.5, 0.6) is 0 Å². The van der Waals surface area contributed by atoms with E-state index in [0.717, 1.165) is 43.9 Å². The summed E-state index contributed by atoms with van der Waals surface area (Å²) in [5, 5.41) is 11.3. The minimum Gasteiger partial charge on any atom is -0.389 e. The summed E-state index contributed by atoms with van der Waals surface area (Å²) in [6.45, 7) is 7.02.